The van der Waals surface area contributed by atoms with Gasteiger partial charge in [-0.3, -0.25) is 4.79 Å². The van der Waals surface area contributed by atoms with Gasteiger partial charge in [-0.15, -0.1) is 11.3 Å². The van der Waals surface area contributed by atoms with E-state index in [2.05, 4.69) is 46.7 Å². The average Bonchev–Trinajstić information content (AvgIpc) is 3.32. The smallest absolute Gasteiger partial charge is 0.251 e. The Labute approximate surface area is 202 Å². The molecule has 33 heavy (non-hydrogen) atoms. The van der Waals surface area contributed by atoms with Crippen LogP contribution in [-0.4, -0.2) is 75.1 Å². The summed E-state index contributed by atoms with van der Waals surface area (Å²) >= 11 is 1.61. The summed E-state index contributed by atoms with van der Waals surface area (Å²) in [5.74, 6) is -0.0283. The number of thiazole rings is 1. The second kappa shape index (κ2) is 14.5. The normalized spacial score (nSPS) is 10.8. The Morgan fingerprint density at radius 2 is 1.55 bits per heavy atom. The molecule has 0 fully saturated rings. The molecule has 1 heterocycles. The molecule has 1 amide bonds. The van der Waals surface area contributed by atoms with Crippen molar-refractivity contribution in [2.75, 3.05) is 54.4 Å². The van der Waals surface area contributed by atoms with Crippen LogP contribution in [0.25, 0.3) is 21.8 Å². The number of nitrogens with zero attached hydrogens (tertiary/aromatic N) is 3. The Morgan fingerprint density at radius 3 is 2.12 bits per heavy atom. The van der Waals surface area contributed by atoms with Crippen LogP contribution in [-0.2, 0) is 0 Å². The predicted molar refractivity (Wildman–Crippen MR) is 141 cm³/mol. The second-order valence-electron chi connectivity index (χ2n) is 8.34. The summed E-state index contributed by atoms with van der Waals surface area (Å²) in [4.78, 5) is 21.1. The van der Waals surface area contributed by atoms with Crippen LogP contribution in [0.3, 0.4) is 0 Å². The molecule has 3 aromatic rings. The third-order valence-corrected chi connectivity index (χ3v) is 5.74. The van der Waals surface area contributed by atoms with Crippen molar-refractivity contribution in [3.05, 3.63) is 65.5 Å². The van der Waals surface area contributed by atoms with Crippen LogP contribution < -0.4 is 11.1 Å². The molecule has 0 aliphatic heterocycles. The minimum atomic E-state index is -0.0283. The lowest BCUT2D eigenvalue weighted by Gasteiger charge is -2.10. The van der Waals surface area contributed by atoms with Crippen molar-refractivity contribution in [1.82, 2.24) is 20.1 Å². The number of carbonyl (C=O) groups excluding carboxylic acids is 1. The van der Waals surface area contributed by atoms with Crippen molar-refractivity contribution in [1.29, 1.82) is 0 Å². The van der Waals surface area contributed by atoms with Gasteiger partial charge in [-0.05, 0) is 72.8 Å². The zero-order chi connectivity index (χ0) is 24.1. The molecule has 0 spiro atoms. The van der Waals surface area contributed by atoms with Gasteiger partial charge < -0.3 is 20.9 Å². The number of aromatic nitrogens is 1. The summed E-state index contributed by atoms with van der Waals surface area (Å²) in [6, 6.07) is 17.8. The van der Waals surface area contributed by atoms with Crippen LogP contribution in [0.5, 0.6) is 0 Å². The number of rotatable bonds is 10. The second-order valence-corrected chi connectivity index (χ2v) is 9.20. The van der Waals surface area contributed by atoms with Crippen LogP contribution in [0.4, 0.5) is 0 Å². The molecule has 0 aliphatic rings. The summed E-state index contributed by atoms with van der Waals surface area (Å²) in [6.45, 7) is 3.56. The van der Waals surface area contributed by atoms with E-state index < -0.39 is 0 Å². The molecule has 0 unspecified atom stereocenters. The van der Waals surface area contributed by atoms with Crippen molar-refractivity contribution >= 4 is 17.2 Å². The fourth-order valence-corrected chi connectivity index (χ4v) is 3.85. The molecule has 6 nitrogen and oxygen atoms in total. The van der Waals surface area contributed by atoms with E-state index in [1.165, 1.54) is 0 Å². The SMILES string of the molecule is CN(C)CCCN.CN(C)CCCNC(=O)c1ccc(-c2nc(-c3ccccc3)cs2)cc1. The Kier molecular flexibility index (Phi) is 11.8. The van der Waals surface area contributed by atoms with E-state index in [1.807, 2.05) is 56.6 Å². The van der Waals surface area contributed by atoms with Crippen molar-refractivity contribution in [2.24, 2.45) is 5.73 Å². The minimum Gasteiger partial charge on any atom is -0.352 e. The third-order valence-electron chi connectivity index (χ3n) is 4.84. The Balaban J connectivity index is 0.000000479. The molecule has 0 aliphatic carbocycles. The van der Waals surface area contributed by atoms with Crippen molar-refractivity contribution in [3.8, 4) is 21.8 Å². The Morgan fingerprint density at radius 1 is 0.909 bits per heavy atom. The molecule has 178 valence electrons. The quantitative estimate of drug-likeness (QED) is 0.440. The molecule has 0 saturated carbocycles. The summed E-state index contributed by atoms with van der Waals surface area (Å²) in [7, 11) is 8.16. The fraction of sp³-hybridized carbons (Fsp3) is 0.385. The molecule has 0 atom stereocenters. The van der Waals surface area contributed by atoms with E-state index in [9.17, 15) is 4.79 Å². The monoisotopic (exact) mass is 467 g/mol. The van der Waals surface area contributed by atoms with Gasteiger partial charge in [0.15, 0.2) is 0 Å². The van der Waals surface area contributed by atoms with Gasteiger partial charge >= 0.3 is 0 Å². The molecule has 7 heteroatoms. The molecule has 0 radical (unpaired) electrons. The zero-order valence-electron chi connectivity index (χ0n) is 20.3. The standard InChI is InChI=1S/C21H23N3OS.C5H14N2/c1-24(2)14-6-13-22-20(25)17-9-11-18(12-10-17)21-23-19(15-26-21)16-7-4-3-5-8-16;1-7(2)5-3-4-6/h3-5,7-12,15H,6,13-14H2,1-2H3,(H,22,25);3-6H2,1-2H3. The van der Waals surface area contributed by atoms with Gasteiger partial charge in [-0.1, -0.05) is 42.5 Å². The molecule has 3 N–H and O–H groups in total. The highest BCUT2D eigenvalue weighted by Gasteiger charge is 2.09. The van der Waals surface area contributed by atoms with Crippen LogP contribution in [0.15, 0.2) is 60.0 Å². The third kappa shape index (κ3) is 9.84. The van der Waals surface area contributed by atoms with E-state index in [0.29, 0.717) is 12.1 Å². The van der Waals surface area contributed by atoms with Gasteiger partial charge in [0.05, 0.1) is 5.69 Å². The Hall–Kier alpha value is -2.58. The molecule has 3 rings (SSSR count). The van der Waals surface area contributed by atoms with Gasteiger partial charge in [0, 0.05) is 28.6 Å². The predicted octanol–water partition coefficient (Wildman–Crippen LogP) is 4.06. The molecular weight excluding hydrogens is 430 g/mol. The molecule has 0 bridgehead atoms. The first-order valence-electron chi connectivity index (χ1n) is 11.3. The van der Waals surface area contributed by atoms with Gasteiger partial charge in [-0.2, -0.15) is 0 Å². The summed E-state index contributed by atoms with van der Waals surface area (Å²) in [5.41, 5.74) is 9.05. The van der Waals surface area contributed by atoms with E-state index in [-0.39, 0.29) is 5.91 Å². The van der Waals surface area contributed by atoms with Gasteiger partial charge in [0.1, 0.15) is 5.01 Å². The maximum atomic E-state index is 12.2. The largest absolute Gasteiger partial charge is 0.352 e. The van der Waals surface area contributed by atoms with E-state index in [0.717, 1.165) is 54.3 Å². The highest BCUT2D eigenvalue weighted by Crippen LogP contribution is 2.28. The van der Waals surface area contributed by atoms with Crippen molar-refractivity contribution in [3.63, 3.8) is 0 Å². The molecular formula is C26H37N5OS. The topological polar surface area (TPSA) is 74.5 Å². The number of hydrogen-bond acceptors (Lipinski definition) is 6. The fourth-order valence-electron chi connectivity index (χ4n) is 3.02. The van der Waals surface area contributed by atoms with Crippen LogP contribution in [0.1, 0.15) is 23.2 Å². The van der Waals surface area contributed by atoms with Crippen molar-refractivity contribution in [2.45, 2.75) is 12.8 Å². The van der Waals surface area contributed by atoms with Crippen LogP contribution in [0, 0.1) is 0 Å². The first-order chi connectivity index (χ1) is 15.9. The molecule has 1 aromatic heterocycles. The maximum Gasteiger partial charge on any atom is 0.251 e. The zero-order valence-corrected chi connectivity index (χ0v) is 21.1. The number of carbonyl (C=O) groups is 1. The molecule has 0 saturated heterocycles. The maximum absolute atomic E-state index is 12.2. The minimum absolute atomic E-state index is 0.0283. The number of amides is 1. The van der Waals surface area contributed by atoms with Gasteiger partial charge in [0.2, 0.25) is 0 Å². The van der Waals surface area contributed by atoms with Crippen molar-refractivity contribution < 1.29 is 4.79 Å². The summed E-state index contributed by atoms with van der Waals surface area (Å²) in [6.07, 6.45) is 2.05. The van der Waals surface area contributed by atoms with E-state index >= 15 is 0 Å². The Bertz CT molecular complexity index is 939. The van der Waals surface area contributed by atoms with E-state index in [1.54, 1.807) is 11.3 Å². The van der Waals surface area contributed by atoms with Gasteiger partial charge in [-0.25, -0.2) is 4.98 Å². The first-order valence-corrected chi connectivity index (χ1v) is 12.2. The highest BCUT2D eigenvalue weighted by molar-refractivity contribution is 7.13. The van der Waals surface area contributed by atoms with Gasteiger partial charge in [0.25, 0.3) is 5.91 Å². The van der Waals surface area contributed by atoms with Crippen LogP contribution in [0.2, 0.25) is 0 Å². The van der Waals surface area contributed by atoms with E-state index in [4.69, 9.17) is 10.7 Å². The lowest BCUT2D eigenvalue weighted by Crippen LogP contribution is -2.27. The summed E-state index contributed by atoms with van der Waals surface area (Å²) in [5, 5.41) is 5.99. The number of benzene rings is 2. The highest BCUT2D eigenvalue weighted by atomic mass is 32.1. The first kappa shape index (κ1) is 26.7. The van der Waals surface area contributed by atoms with Crippen LogP contribution >= 0.6 is 11.3 Å². The average molecular weight is 468 g/mol. The number of nitrogens with one attached hydrogen (secondary N) is 1. The summed E-state index contributed by atoms with van der Waals surface area (Å²) < 4.78 is 0. The number of nitrogens with two attached hydrogens (primary N) is 1. The number of hydrogen-bond donors (Lipinski definition) is 2. The molecule has 2 aromatic carbocycles. The lowest BCUT2D eigenvalue weighted by molar-refractivity contribution is 0.0952. The lowest BCUT2D eigenvalue weighted by atomic mass is 10.1.